The molecule has 0 heterocycles. The number of esters is 1. The molecule has 1 saturated carbocycles. The zero-order valence-electron chi connectivity index (χ0n) is 22.0. The molecule has 3 rings (SSSR count). The lowest BCUT2D eigenvalue weighted by Gasteiger charge is -2.29. The van der Waals surface area contributed by atoms with Gasteiger partial charge in [-0.05, 0) is 73.3 Å². The largest absolute Gasteiger partial charge is 0.487 e. The first-order valence-electron chi connectivity index (χ1n) is 13.4. The smallest absolute Gasteiger partial charge is 0.333 e. The number of ether oxygens (including phenoxy) is 3. The lowest BCUT2D eigenvalue weighted by Crippen LogP contribution is -2.13. The van der Waals surface area contributed by atoms with Crippen molar-refractivity contribution in [3.05, 3.63) is 60.2 Å². The molecule has 196 valence electrons. The van der Waals surface area contributed by atoms with Gasteiger partial charge >= 0.3 is 5.97 Å². The molecule has 1 fully saturated rings. The predicted molar refractivity (Wildman–Crippen MR) is 145 cm³/mol. The summed E-state index contributed by atoms with van der Waals surface area (Å²) in [7, 11) is 0. The van der Waals surface area contributed by atoms with Crippen molar-refractivity contribution < 1.29 is 24.1 Å². The van der Waals surface area contributed by atoms with Crippen LogP contribution in [0.5, 0.6) is 11.5 Å². The number of carbonyl (C=O) groups excluding carboxylic acids is 1. The first kappa shape index (κ1) is 27.8. The molecule has 0 saturated heterocycles. The van der Waals surface area contributed by atoms with E-state index in [-0.39, 0.29) is 26.4 Å². The summed E-state index contributed by atoms with van der Waals surface area (Å²) in [5.74, 6) is 2.25. The van der Waals surface area contributed by atoms with Crippen molar-refractivity contribution in [3.63, 3.8) is 0 Å². The molecule has 0 aliphatic heterocycles. The maximum atomic E-state index is 11.6. The molecular weight excluding hydrogens is 452 g/mol. The Morgan fingerprint density at radius 2 is 1.61 bits per heavy atom. The Hall–Kier alpha value is -2.79. The van der Waals surface area contributed by atoms with Crippen LogP contribution in [0.3, 0.4) is 0 Å². The van der Waals surface area contributed by atoms with E-state index < -0.39 is 5.97 Å². The van der Waals surface area contributed by atoms with Crippen LogP contribution in [0.25, 0.3) is 11.1 Å². The minimum Gasteiger partial charge on any atom is -0.487 e. The Balaban J connectivity index is 1.61. The van der Waals surface area contributed by atoms with Crippen molar-refractivity contribution in [2.24, 2.45) is 5.92 Å². The van der Waals surface area contributed by atoms with Gasteiger partial charge in [0, 0.05) is 5.57 Å². The first-order chi connectivity index (χ1) is 17.5. The number of carbonyl (C=O) groups is 1. The maximum absolute atomic E-state index is 11.6. The van der Waals surface area contributed by atoms with Gasteiger partial charge in [0.05, 0.1) is 6.61 Å². The molecule has 36 heavy (non-hydrogen) atoms. The van der Waals surface area contributed by atoms with Crippen LogP contribution in [0.2, 0.25) is 0 Å². The molecule has 1 aliphatic carbocycles. The van der Waals surface area contributed by atoms with Crippen LogP contribution in [-0.2, 0) is 9.53 Å². The lowest BCUT2D eigenvalue weighted by atomic mass is 9.77. The topological polar surface area (TPSA) is 65.0 Å². The van der Waals surface area contributed by atoms with Gasteiger partial charge in [-0.3, -0.25) is 0 Å². The molecule has 0 spiro atoms. The number of hydrogen-bond donors (Lipinski definition) is 1. The van der Waals surface area contributed by atoms with E-state index in [0.29, 0.717) is 23.0 Å². The number of benzene rings is 2. The van der Waals surface area contributed by atoms with Crippen molar-refractivity contribution in [1.82, 2.24) is 0 Å². The van der Waals surface area contributed by atoms with Gasteiger partial charge in [-0.15, -0.1) is 0 Å². The van der Waals surface area contributed by atoms with Crippen molar-refractivity contribution in [2.75, 3.05) is 26.4 Å². The van der Waals surface area contributed by atoms with Crippen molar-refractivity contribution >= 4 is 5.97 Å². The van der Waals surface area contributed by atoms with Crippen molar-refractivity contribution in [1.29, 1.82) is 0 Å². The van der Waals surface area contributed by atoms with Gasteiger partial charge in [-0.2, -0.15) is 0 Å². The Labute approximate surface area is 216 Å². The van der Waals surface area contributed by atoms with Crippen LogP contribution in [0.1, 0.15) is 76.7 Å². The average Bonchev–Trinajstić information content (AvgIpc) is 2.90. The molecule has 0 bridgehead atoms. The third kappa shape index (κ3) is 8.41. The molecule has 0 unspecified atom stereocenters. The predicted octanol–water partition coefficient (Wildman–Crippen LogP) is 7.08. The number of hydrogen-bond acceptors (Lipinski definition) is 5. The standard InChI is InChI=1S/C31H42O5/c1-4-5-6-7-24-8-10-25(11-9-24)26-12-14-27(15-13-26)28-16-17-29(34-19-18-32)30(22-28)35-20-21-36-31(33)23(2)3/h12-17,22,24-25,32H,2,4-11,18-21H2,1,3H3. The van der Waals surface area contributed by atoms with Crippen LogP contribution < -0.4 is 9.47 Å². The van der Waals surface area contributed by atoms with Crippen LogP contribution in [-0.4, -0.2) is 37.5 Å². The SMILES string of the molecule is C=C(C)C(=O)OCCOc1cc(-c2ccc(C3CCC(CCCCC)CC3)cc2)ccc1OCCO. The second-order valence-electron chi connectivity index (χ2n) is 9.83. The highest BCUT2D eigenvalue weighted by molar-refractivity contribution is 5.86. The monoisotopic (exact) mass is 494 g/mol. The van der Waals surface area contributed by atoms with E-state index in [1.165, 1.54) is 56.9 Å². The number of rotatable bonds is 14. The summed E-state index contributed by atoms with van der Waals surface area (Å²) < 4.78 is 16.6. The molecule has 0 aromatic heterocycles. The summed E-state index contributed by atoms with van der Waals surface area (Å²) >= 11 is 0. The van der Waals surface area contributed by atoms with Gasteiger partial charge in [0.2, 0.25) is 0 Å². The van der Waals surface area contributed by atoms with Gasteiger partial charge in [0.1, 0.15) is 19.8 Å². The van der Waals surface area contributed by atoms with Crippen LogP contribution in [0.15, 0.2) is 54.6 Å². The molecule has 0 amide bonds. The van der Waals surface area contributed by atoms with E-state index >= 15 is 0 Å². The summed E-state index contributed by atoms with van der Waals surface area (Å²) in [6.07, 6.45) is 10.8. The zero-order valence-corrected chi connectivity index (χ0v) is 22.0. The number of aliphatic hydroxyl groups excluding tert-OH is 1. The van der Waals surface area contributed by atoms with E-state index in [2.05, 4.69) is 37.8 Å². The molecule has 5 nitrogen and oxygen atoms in total. The van der Waals surface area contributed by atoms with Crippen molar-refractivity contribution in [2.45, 2.75) is 71.1 Å². The second kappa shape index (κ2) is 14.7. The normalized spacial score (nSPS) is 17.4. The molecule has 5 heteroatoms. The quantitative estimate of drug-likeness (QED) is 0.173. The molecule has 2 aromatic rings. The van der Waals surface area contributed by atoms with Gasteiger partial charge in [-0.25, -0.2) is 4.79 Å². The highest BCUT2D eigenvalue weighted by Crippen LogP contribution is 2.39. The highest BCUT2D eigenvalue weighted by atomic mass is 16.6. The fourth-order valence-corrected chi connectivity index (χ4v) is 4.90. The Morgan fingerprint density at radius 3 is 2.28 bits per heavy atom. The van der Waals surface area contributed by atoms with Gasteiger partial charge in [-0.1, -0.05) is 69.5 Å². The van der Waals surface area contributed by atoms with Gasteiger partial charge in [0.25, 0.3) is 0 Å². The second-order valence-corrected chi connectivity index (χ2v) is 9.83. The molecule has 0 atom stereocenters. The zero-order chi connectivity index (χ0) is 25.8. The molecule has 1 N–H and O–H groups in total. The highest BCUT2D eigenvalue weighted by Gasteiger charge is 2.22. The average molecular weight is 495 g/mol. The summed E-state index contributed by atoms with van der Waals surface area (Å²) in [4.78, 5) is 11.6. The van der Waals surface area contributed by atoms with E-state index in [4.69, 9.17) is 19.3 Å². The molecule has 0 radical (unpaired) electrons. The fourth-order valence-electron chi connectivity index (χ4n) is 4.90. The Bertz CT molecular complexity index is 957. The number of aliphatic hydroxyl groups is 1. The maximum Gasteiger partial charge on any atom is 0.333 e. The van der Waals surface area contributed by atoms with Crippen LogP contribution in [0, 0.1) is 5.92 Å². The lowest BCUT2D eigenvalue weighted by molar-refractivity contribution is -0.139. The van der Waals surface area contributed by atoms with Crippen molar-refractivity contribution in [3.8, 4) is 22.6 Å². The summed E-state index contributed by atoms with van der Waals surface area (Å²) in [6, 6.07) is 14.7. The fraction of sp³-hybridized carbons (Fsp3) is 0.516. The van der Waals surface area contributed by atoms with Gasteiger partial charge in [0.15, 0.2) is 11.5 Å². The van der Waals surface area contributed by atoms with E-state index in [1.54, 1.807) is 6.92 Å². The number of unbranched alkanes of at least 4 members (excludes halogenated alkanes) is 2. The molecule has 2 aromatic carbocycles. The molecular formula is C31H42O5. The summed E-state index contributed by atoms with van der Waals surface area (Å²) in [5.41, 5.74) is 3.92. The van der Waals surface area contributed by atoms with E-state index in [0.717, 1.165) is 17.0 Å². The van der Waals surface area contributed by atoms with E-state index in [9.17, 15) is 4.79 Å². The van der Waals surface area contributed by atoms with Gasteiger partial charge < -0.3 is 19.3 Å². The van der Waals surface area contributed by atoms with E-state index in [1.807, 2.05) is 18.2 Å². The minimum absolute atomic E-state index is 0.0838. The Morgan fingerprint density at radius 1 is 0.917 bits per heavy atom. The molecule has 1 aliphatic rings. The third-order valence-corrected chi connectivity index (χ3v) is 6.99. The Kier molecular flexibility index (Phi) is 11.3. The first-order valence-corrected chi connectivity index (χ1v) is 13.4. The van der Waals surface area contributed by atoms with Crippen LogP contribution >= 0.6 is 0 Å². The third-order valence-electron chi connectivity index (χ3n) is 6.99. The summed E-state index contributed by atoms with van der Waals surface area (Å²) in [6.45, 7) is 7.87. The van der Waals surface area contributed by atoms with Crippen LogP contribution in [0.4, 0.5) is 0 Å². The minimum atomic E-state index is -0.436. The summed E-state index contributed by atoms with van der Waals surface area (Å²) in [5, 5.41) is 9.14.